The number of carbonyl (C=O) groups is 1. The number of thioether (sulfide) groups is 1. The Morgan fingerprint density at radius 3 is 2.61 bits per heavy atom. The predicted octanol–water partition coefficient (Wildman–Crippen LogP) is 3.81. The van der Waals surface area contributed by atoms with Crippen LogP contribution in [0.3, 0.4) is 0 Å². The zero-order valence-electron chi connectivity index (χ0n) is 11.1. The number of nitrogens with one attached hydrogen (secondary N) is 1. The molecule has 1 aromatic rings. The van der Waals surface area contributed by atoms with Gasteiger partial charge in [0.05, 0.1) is 0 Å². The number of urea groups is 1. The van der Waals surface area contributed by atoms with E-state index in [9.17, 15) is 4.79 Å². The van der Waals surface area contributed by atoms with Gasteiger partial charge in [-0.1, -0.05) is 6.07 Å². The molecule has 0 radical (unpaired) electrons. The smallest absolute Gasteiger partial charge is 0.319 e. The maximum Gasteiger partial charge on any atom is 0.322 e. The zero-order valence-corrected chi connectivity index (χ0v) is 12.0. The summed E-state index contributed by atoms with van der Waals surface area (Å²) in [5, 5.41) is 2.99. The van der Waals surface area contributed by atoms with Crippen LogP contribution >= 0.6 is 11.8 Å². The van der Waals surface area contributed by atoms with Crippen LogP contribution in [-0.2, 0) is 0 Å². The molecule has 98 valence electrons. The molecule has 2 amide bonds. The molecule has 0 bridgehead atoms. The van der Waals surface area contributed by atoms with Crippen molar-refractivity contribution in [3.8, 4) is 0 Å². The molecule has 0 aromatic heterocycles. The highest BCUT2D eigenvalue weighted by molar-refractivity contribution is 7.98. The van der Waals surface area contributed by atoms with Crippen molar-refractivity contribution >= 4 is 23.5 Å². The minimum Gasteiger partial charge on any atom is -0.319 e. The highest BCUT2D eigenvalue weighted by Crippen LogP contribution is 2.25. The molecule has 1 heterocycles. The normalized spacial score (nSPS) is 23.2. The molecule has 0 aliphatic carbocycles. The van der Waals surface area contributed by atoms with Crippen LogP contribution in [0, 0.1) is 0 Å². The SMILES string of the molecule is CSc1cccc(NC(=O)N2[C@H](C)CC[C@@H]2C)c1. The van der Waals surface area contributed by atoms with E-state index in [-0.39, 0.29) is 6.03 Å². The first-order chi connectivity index (χ1) is 8.61. The van der Waals surface area contributed by atoms with Gasteiger partial charge in [0, 0.05) is 22.7 Å². The van der Waals surface area contributed by atoms with E-state index in [0.717, 1.165) is 23.4 Å². The summed E-state index contributed by atoms with van der Waals surface area (Å²) < 4.78 is 0. The van der Waals surface area contributed by atoms with E-state index < -0.39 is 0 Å². The van der Waals surface area contributed by atoms with E-state index in [1.807, 2.05) is 35.4 Å². The minimum atomic E-state index is 0.0192. The van der Waals surface area contributed by atoms with Gasteiger partial charge < -0.3 is 10.2 Å². The summed E-state index contributed by atoms with van der Waals surface area (Å²) in [6, 6.07) is 8.65. The standard InChI is InChI=1S/C14H20N2OS/c1-10-7-8-11(2)16(10)14(17)15-12-5-4-6-13(9-12)18-3/h4-6,9-11H,7-8H2,1-3H3,(H,15,17)/t10-,11+. The van der Waals surface area contributed by atoms with E-state index in [1.54, 1.807) is 11.8 Å². The molecule has 1 aliphatic rings. The number of carbonyl (C=O) groups excluding carboxylic acids is 1. The number of rotatable bonds is 2. The predicted molar refractivity (Wildman–Crippen MR) is 77.2 cm³/mol. The second kappa shape index (κ2) is 5.65. The molecule has 4 heteroatoms. The van der Waals surface area contributed by atoms with E-state index in [1.165, 1.54) is 0 Å². The van der Waals surface area contributed by atoms with Crippen LogP contribution < -0.4 is 5.32 Å². The highest BCUT2D eigenvalue weighted by atomic mass is 32.2. The van der Waals surface area contributed by atoms with Crippen LogP contribution in [0.25, 0.3) is 0 Å². The molecule has 1 fully saturated rings. The molecular weight excluding hydrogens is 244 g/mol. The lowest BCUT2D eigenvalue weighted by molar-refractivity contribution is 0.194. The van der Waals surface area contributed by atoms with Crippen LogP contribution in [0.4, 0.5) is 10.5 Å². The molecular formula is C14H20N2OS. The molecule has 18 heavy (non-hydrogen) atoms. The third kappa shape index (κ3) is 2.80. The summed E-state index contributed by atoms with van der Waals surface area (Å²) in [6.07, 6.45) is 4.23. The van der Waals surface area contributed by atoms with E-state index in [0.29, 0.717) is 12.1 Å². The zero-order chi connectivity index (χ0) is 13.1. The first kappa shape index (κ1) is 13.3. The van der Waals surface area contributed by atoms with Gasteiger partial charge in [-0.3, -0.25) is 0 Å². The molecule has 0 spiro atoms. The number of benzene rings is 1. The third-order valence-corrected chi connectivity index (χ3v) is 4.23. The summed E-state index contributed by atoms with van der Waals surface area (Å²) in [6.45, 7) is 4.22. The molecule has 3 nitrogen and oxygen atoms in total. The highest BCUT2D eigenvalue weighted by Gasteiger charge is 2.31. The Kier molecular flexibility index (Phi) is 4.17. The maximum atomic E-state index is 12.2. The third-order valence-electron chi connectivity index (χ3n) is 3.51. The number of anilines is 1. The lowest BCUT2D eigenvalue weighted by atomic mass is 10.2. The Balaban J connectivity index is 2.06. The molecule has 1 saturated heterocycles. The summed E-state index contributed by atoms with van der Waals surface area (Å²) in [7, 11) is 0. The monoisotopic (exact) mass is 264 g/mol. The van der Waals surface area contributed by atoms with Crippen molar-refractivity contribution in [2.75, 3.05) is 11.6 Å². The van der Waals surface area contributed by atoms with Gasteiger partial charge in [0.2, 0.25) is 0 Å². The Bertz CT molecular complexity index is 426. The van der Waals surface area contributed by atoms with E-state index >= 15 is 0 Å². The molecule has 0 unspecified atom stereocenters. The number of nitrogens with zero attached hydrogens (tertiary/aromatic N) is 1. The van der Waals surface area contributed by atoms with Gasteiger partial charge in [-0.2, -0.15) is 0 Å². The van der Waals surface area contributed by atoms with Gasteiger partial charge in [0.25, 0.3) is 0 Å². The summed E-state index contributed by atoms with van der Waals surface area (Å²) in [5.74, 6) is 0. The maximum absolute atomic E-state index is 12.2. The Labute approximate surface area is 113 Å². The van der Waals surface area contributed by atoms with Gasteiger partial charge in [0.15, 0.2) is 0 Å². The average Bonchev–Trinajstić information content (AvgIpc) is 2.69. The summed E-state index contributed by atoms with van der Waals surface area (Å²) in [5.41, 5.74) is 0.873. The van der Waals surface area contributed by atoms with Crippen molar-refractivity contribution in [3.05, 3.63) is 24.3 Å². The Morgan fingerprint density at radius 2 is 2.00 bits per heavy atom. The van der Waals surface area contributed by atoms with E-state index in [2.05, 4.69) is 19.2 Å². The minimum absolute atomic E-state index is 0.0192. The molecule has 0 saturated carbocycles. The topological polar surface area (TPSA) is 32.3 Å². The second-order valence-electron chi connectivity index (χ2n) is 4.84. The first-order valence-corrected chi connectivity index (χ1v) is 7.57. The fourth-order valence-electron chi connectivity index (χ4n) is 2.48. The lowest BCUT2D eigenvalue weighted by Crippen LogP contribution is -2.41. The van der Waals surface area contributed by atoms with Crippen LogP contribution in [-0.4, -0.2) is 29.3 Å². The van der Waals surface area contributed by atoms with E-state index in [4.69, 9.17) is 0 Å². The van der Waals surface area contributed by atoms with Crippen LogP contribution in [0.2, 0.25) is 0 Å². The lowest BCUT2D eigenvalue weighted by Gasteiger charge is -2.26. The van der Waals surface area contributed by atoms with Crippen molar-refractivity contribution in [2.45, 2.75) is 43.7 Å². The quantitative estimate of drug-likeness (QED) is 0.824. The average molecular weight is 264 g/mol. The van der Waals surface area contributed by atoms with Gasteiger partial charge in [-0.25, -0.2) is 4.79 Å². The second-order valence-corrected chi connectivity index (χ2v) is 5.72. The van der Waals surface area contributed by atoms with Crippen molar-refractivity contribution in [1.82, 2.24) is 4.90 Å². The molecule has 2 atom stereocenters. The van der Waals surface area contributed by atoms with Crippen molar-refractivity contribution in [2.24, 2.45) is 0 Å². The fraction of sp³-hybridized carbons (Fsp3) is 0.500. The molecule has 1 aromatic carbocycles. The van der Waals surface area contributed by atoms with Gasteiger partial charge in [-0.15, -0.1) is 11.8 Å². The molecule has 2 rings (SSSR count). The Hall–Kier alpha value is -1.16. The molecule has 1 N–H and O–H groups in total. The van der Waals surface area contributed by atoms with Crippen LogP contribution in [0.15, 0.2) is 29.2 Å². The van der Waals surface area contributed by atoms with Crippen LogP contribution in [0.1, 0.15) is 26.7 Å². The number of likely N-dealkylation sites (tertiary alicyclic amines) is 1. The van der Waals surface area contributed by atoms with Crippen molar-refractivity contribution in [1.29, 1.82) is 0 Å². The fourth-order valence-corrected chi connectivity index (χ4v) is 2.94. The van der Waals surface area contributed by atoms with Crippen LogP contribution in [0.5, 0.6) is 0 Å². The largest absolute Gasteiger partial charge is 0.322 e. The molecule has 1 aliphatic heterocycles. The van der Waals surface area contributed by atoms with Gasteiger partial charge >= 0.3 is 6.03 Å². The number of hydrogen-bond donors (Lipinski definition) is 1. The Morgan fingerprint density at radius 1 is 1.33 bits per heavy atom. The summed E-state index contributed by atoms with van der Waals surface area (Å²) in [4.78, 5) is 15.4. The number of hydrogen-bond acceptors (Lipinski definition) is 2. The van der Waals surface area contributed by atoms with Gasteiger partial charge in [0.1, 0.15) is 0 Å². The van der Waals surface area contributed by atoms with Crippen molar-refractivity contribution < 1.29 is 4.79 Å². The summed E-state index contributed by atoms with van der Waals surface area (Å²) >= 11 is 1.68. The number of amides is 2. The van der Waals surface area contributed by atoms with Gasteiger partial charge in [-0.05, 0) is 51.1 Å². The first-order valence-electron chi connectivity index (χ1n) is 6.35. The van der Waals surface area contributed by atoms with Crippen molar-refractivity contribution in [3.63, 3.8) is 0 Å².